The number of nitrogens with zero attached hydrogens (tertiary/aromatic N) is 3. The van der Waals surface area contributed by atoms with E-state index in [1.807, 2.05) is 13.8 Å². The number of sulfonamides is 1. The minimum atomic E-state index is -3.54. The van der Waals surface area contributed by atoms with Gasteiger partial charge in [0.1, 0.15) is 4.90 Å². The third-order valence-electron chi connectivity index (χ3n) is 3.81. The molecule has 0 aliphatic rings. The van der Waals surface area contributed by atoms with Crippen molar-refractivity contribution >= 4 is 10.0 Å². The van der Waals surface area contributed by atoms with Gasteiger partial charge < -0.3 is 5.11 Å². The lowest BCUT2D eigenvalue weighted by atomic mass is 10.2. The van der Waals surface area contributed by atoms with Gasteiger partial charge in [-0.15, -0.1) is 0 Å². The van der Waals surface area contributed by atoms with Gasteiger partial charge in [-0.2, -0.15) is 9.40 Å². The Kier molecular flexibility index (Phi) is 6.37. The normalized spacial score (nSPS) is 13.9. The molecule has 6 nitrogen and oxygen atoms in total. The van der Waals surface area contributed by atoms with Crippen molar-refractivity contribution in [1.82, 2.24) is 14.1 Å². The second kappa shape index (κ2) is 7.38. The van der Waals surface area contributed by atoms with Crippen LogP contribution in [0.25, 0.3) is 0 Å². The van der Waals surface area contributed by atoms with E-state index in [-0.39, 0.29) is 12.6 Å². The van der Waals surface area contributed by atoms with E-state index >= 15 is 0 Å². The molecular formula is C14H27N3O3S. The number of hydrogen-bond acceptors (Lipinski definition) is 4. The maximum absolute atomic E-state index is 12.8. The van der Waals surface area contributed by atoms with Crippen LogP contribution in [0, 0.1) is 13.8 Å². The first-order valence-electron chi connectivity index (χ1n) is 7.40. The van der Waals surface area contributed by atoms with Crippen molar-refractivity contribution in [3.05, 3.63) is 11.4 Å². The lowest BCUT2D eigenvalue weighted by Gasteiger charge is -2.24. The molecule has 1 unspecified atom stereocenters. The predicted molar refractivity (Wildman–Crippen MR) is 82.7 cm³/mol. The van der Waals surface area contributed by atoms with E-state index in [9.17, 15) is 8.42 Å². The van der Waals surface area contributed by atoms with Crippen molar-refractivity contribution < 1.29 is 13.5 Å². The van der Waals surface area contributed by atoms with E-state index in [2.05, 4.69) is 5.10 Å². The van der Waals surface area contributed by atoms with Crippen LogP contribution in [0.3, 0.4) is 0 Å². The van der Waals surface area contributed by atoms with Gasteiger partial charge in [0.05, 0.1) is 11.4 Å². The SMILES string of the molecule is CCCC(C)N(C)S(=O)(=O)c1c(C)nn(CCCO)c1C. The van der Waals surface area contributed by atoms with Crippen LogP contribution >= 0.6 is 0 Å². The number of rotatable bonds is 8. The summed E-state index contributed by atoms with van der Waals surface area (Å²) in [5, 5.41) is 13.2. The number of aliphatic hydroxyl groups is 1. The Bertz CT molecular complexity index is 566. The molecular weight excluding hydrogens is 290 g/mol. The largest absolute Gasteiger partial charge is 0.396 e. The number of hydrogen-bond donors (Lipinski definition) is 1. The first-order valence-corrected chi connectivity index (χ1v) is 8.84. The van der Waals surface area contributed by atoms with Gasteiger partial charge in [0, 0.05) is 26.2 Å². The molecule has 0 aliphatic carbocycles. The summed E-state index contributed by atoms with van der Waals surface area (Å²) < 4.78 is 28.7. The third kappa shape index (κ3) is 3.84. The molecule has 0 fully saturated rings. The highest BCUT2D eigenvalue weighted by Crippen LogP contribution is 2.25. The highest BCUT2D eigenvalue weighted by Gasteiger charge is 2.30. The molecule has 122 valence electrons. The minimum Gasteiger partial charge on any atom is -0.396 e. The number of aryl methyl sites for hydroxylation is 2. The summed E-state index contributed by atoms with van der Waals surface area (Å²) in [7, 11) is -1.91. The Morgan fingerprint density at radius 3 is 2.52 bits per heavy atom. The summed E-state index contributed by atoms with van der Waals surface area (Å²) >= 11 is 0. The summed E-state index contributed by atoms with van der Waals surface area (Å²) in [6.45, 7) is 8.03. The van der Waals surface area contributed by atoms with Gasteiger partial charge in [0.25, 0.3) is 0 Å². The third-order valence-corrected chi connectivity index (χ3v) is 6.03. The molecule has 0 spiro atoms. The van der Waals surface area contributed by atoms with E-state index in [1.54, 1.807) is 25.6 Å². The monoisotopic (exact) mass is 317 g/mol. The average molecular weight is 317 g/mol. The van der Waals surface area contributed by atoms with Crippen LogP contribution < -0.4 is 0 Å². The number of aromatic nitrogens is 2. The predicted octanol–water partition coefficient (Wildman–Crippen LogP) is 1.69. The van der Waals surface area contributed by atoms with Crippen LogP contribution in [0.2, 0.25) is 0 Å². The molecule has 0 radical (unpaired) electrons. The van der Waals surface area contributed by atoms with Crippen molar-refractivity contribution in [3.63, 3.8) is 0 Å². The second-order valence-electron chi connectivity index (χ2n) is 5.46. The Hall–Kier alpha value is -0.920. The zero-order valence-corrected chi connectivity index (χ0v) is 14.4. The van der Waals surface area contributed by atoms with Crippen LogP contribution in [-0.4, -0.2) is 47.3 Å². The van der Waals surface area contributed by atoms with Crippen molar-refractivity contribution in [2.24, 2.45) is 0 Å². The van der Waals surface area contributed by atoms with E-state index in [4.69, 9.17) is 5.11 Å². The van der Waals surface area contributed by atoms with Crippen molar-refractivity contribution in [2.75, 3.05) is 13.7 Å². The van der Waals surface area contributed by atoms with Gasteiger partial charge in [-0.3, -0.25) is 4.68 Å². The molecule has 1 aromatic heterocycles. The minimum absolute atomic E-state index is 0.0420. The molecule has 0 amide bonds. The highest BCUT2D eigenvalue weighted by molar-refractivity contribution is 7.89. The average Bonchev–Trinajstić information content (AvgIpc) is 2.70. The molecule has 1 atom stereocenters. The Morgan fingerprint density at radius 1 is 1.38 bits per heavy atom. The van der Waals surface area contributed by atoms with Gasteiger partial charge in [0.2, 0.25) is 10.0 Å². The van der Waals surface area contributed by atoms with E-state index in [0.29, 0.717) is 29.2 Å². The standard InChI is InChI=1S/C14H27N3O3S/c1-6-8-11(2)16(5)21(19,20)14-12(3)15-17(13(14)4)9-7-10-18/h11,18H,6-10H2,1-5H3. The van der Waals surface area contributed by atoms with Gasteiger partial charge in [-0.25, -0.2) is 8.42 Å². The number of aliphatic hydroxyl groups excluding tert-OH is 1. The van der Waals surface area contributed by atoms with Crippen LogP contribution in [-0.2, 0) is 16.6 Å². The summed E-state index contributed by atoms with van der Waals surface area (Å²) in [6, 6.07) is -0.0420. The lowest BCUT2D eigenvalue weighted by Crippen LogP contribution is -2.35. The quantitative estimate of drug-likeness (QED) is 0.791. The Labute approximate surface area is 127 Å². The fourth-order valence-electron chi connectivity index (χ4n) is 2.47. The van der Waals surface area contributed by atoms with Crippen molar-refractivity contribution in [1.29, 1.82) is 0 Å². The molecule has 1 N–H and O–H groups in total. The summed E-state index contributed by atoms with van der Waals surface area (Å²) in [6.07, 6.45) is 2.32. The van der Waals surface area contributed by atoms with Crippen LogP contribution in [0.5, 0.6) is 0 Å². The fraction of sp³-hybridized carbons (Fsp3) is 0.786. The maximum atomic E-state index is 12.8. The molecule has 7 heteroatoms. The first kappa shape index (κ1) is 18.1. The zero-order chi connectivity index (χ0) is 16.2. The van der Waals surface area contributed by atoms with E-state index in [1.165, 1.54) is 4.31 Å². The zero-order valence-electron chi connectivity index (χ0n) is 13.6. The summed E-state index contributed by atoms with van der Waals surface area (Å²) in [5.74, 6) is 0. The van der Waals surface area contributed by atoms with Crippen LogP contribution in [0.15, 0.2) is 4.90 Å². The molecule has 0 aliphatic heterocycles. The van der Waals surface area contributed by atoms with Crippen molar-refractivity contribution in [2.45, 2.75) is 64.4 Å². The van der Waals surface area contributed by atoms with Crippen molar-refractivity contribution in [3.8, 4) is 0 Å². The van der Waals surface area contributed by atoms with Gasteiger partial charge in [0.15, 0.2) is 0 Å². The summed E-state index contributed by atoms with van der Waals surface area (Å²) in [4.78, 5) is 0.297. The molecule has 1 aromatic rings. The van der Waals surface area contributed by atoms with Crippen LogP contribution in [0.1, 0.15) is 44.5 Å². The molecule has 1 heterocycles. The first-order chi connectivity index (χ1) is 9.77. The summed E-state index contributed by atoms with van der Waals surface area (Å²) in [5.41, 5.74) is 1.15. The Balaban J connectivity index is 3.17. The maximum Gasteiger partial charge on any atom is 0.246 e. The molecule has 21 heavy (non-hydrogen) atoms. The van der Waals surface area contributed by atoms with Gasteiger partial charge >= 0.3 is 0 Å². The molecule has 0 bridgehead atoms. The van der Waals surface area contributed by atoms with E-state index < -0.39 is 10.0 Å². The molecule has 0 saturated carbocycles. The molecule has 1 rings (SSSR count). The van der Waals surface area contributed by atoms with Crippen LogP contribution in [0.4, 0.5) is 0 Å². The van der Waals surface area contributed by atoms with Gasteiger partial charge in [-0.05, 0) is 33.6 Å². The highest BCUT2D eigenvalue weighted by atomic mass is 32.2. The molecule has 0 saturated heterocycles. The smallest absolute Gasteiger partial charge is 0.246 e. The Morgan fingerprint density at radius 2 is 2.00 bits per heavy atom. The fourth-order valence-corrected chi connectivity index (χ4v) is 4.23. The molecule has 0 aromatic carbocycles. The topological polar surface area (TPSA) is 75.4 Å². The van der Waals surface area contributed by atoms with E-state index in [0.717, 1.165) is 12.8 Å². The second-order valence-corrected chi connectivity index (χ2v) is 7.39. The van der Waals surface area contributed by atoms with Gasteiger partial charge in [-0.1, -0.05) is 13.3 Å². The lowest BCUT2D eigenvalue weighted by molar-refractivity contribution is 0.276.